The molecule has 2 amide bonds. The highest BCUT2D eigenvalue weighted by molar-refractivity contribution is 6.01. The summed E-state index contributed by atoms with van der Waals surface area (Å²) in [5.74, 6) is -2.07. The van der Waals surface area contributed by atoms with Gasteiger partial charge in [-0.1, -0.05) is 12.1 Å². The van der Waals surface area contributed by atoms with Crippen molar-refractivity contribution >= 4 is 23.4 Å². The normalized spacial score (nSPS) is 11.8. The van der Waals surface area contributed by atoms with Crippen molar-refractivity contribution in [1.82, 2.24) is 5.43 Å². The number of halogens is 3. The van der Waals surface area contributed by atoms with Gasteiger partial charge in [-0.05, 0) is 24.6 Å². The molecule has 0 aliphatic rings. The number of benzene rings is 1. The monoisotopic (exact) mass is 303 g/mol. The number of amides is 2. The van der Waals surface area contributed by atoms with Crippen LogP contribution in [0.2, 0.25) is 0 Å². The van der Waals surface area contributed by atoms with Crippen molar-refractivity contribution in [2.75, 3.05) is 12.4 Å². The average Bonchev–Trinajstić information content (AvgIpc) is 2.43. The molecule has 0 aliphatic heterocycles. The van der Waals surface area contributed by atoms with E-state index in [-0.39, 0.29) is 5.69 Å². The van der Waals surface area contributed by atoms with Gasteiger partial charge in [-0.15, -0.1) is 0 Å². The second-order valence-electron chi connectivity index (χ2n) is 3.83. The fraction of sp³-hybridized carbons (Fsp3) is 0.250. The van der Waals surface area contributed by atoms with Crippen molar-refractivity contribution in [2.45, 2.75) is 13.1 Å². The Labute approximate surface area is 118 Å². The third kappa shape index (κ3) is 5.13. The van der Waals surface area contributed by atoms with Gasteiger partial charge in [-0.2, -0.15) is 18.3 Å². The second-order valence-corrected chi connectivity index (χ2v) is 3.83. The number of nitrogens with zero attached hydrogens (tertiary/aromatic N) is 1. The molecule has 1 aromatic rings. The van der Waals surface area contributed by atoms with Gasteiger partial charge < -0.3 is 10.1 Å². The number of carbonyl (C=O) groups is 2. The van der Waals surface area contributed by atoms with Crippen LogP contribution in [-0.4, -0.2) is 31.0 Å². The molecule has 21 heavy (non-hydrogen) atoms. The number of alkyl halides is 3. The molecule has 1 rings (SSSR count). The Hall–Kier alpha value is -2.58. The first-order valence-corrected chi connectivity index (χ1v) is 5.61. The SMILES string of the molecule is COC(=O)N/N=C(\C)c1cccc(NC(=O)C(F)(F)F)c1. The van der Waals surface area contributed by atoms with Crippen LogP contribution in [0.5, 0.6) is 0 Å². The lowest BCUT2D eigenvalue weighted by molar-refractivity contribution is -0.167. The summed E-state index contributed by atoms with van der Waals surface area (Å²) in [6.07, 6.45) is -5.75. The molecule has 0 saturated heterocycles. The van der Waals surface area contributed by atoms with Crippen LogP contribution in [0.3, 0.4) is 0 Å². The predicted molar refractivity (Wildman–Crippen MR) is 68.9 cm³/mol. The Kier molecular flexibility index (Phi) is 5.28. The number of anilines is 1. The van der Waals surface area contributed by atoms with Gasteiger partial charge in [0.2, 0.25) is 0 Å². The maximum absolute atomic E-state index is 12.1. The second kappa shape index (κ2) is 6.73. The summed E-state index contributed by atoms with van der Waals surface area (Å²) in [4.78, 5) is 21.7. The molecular formula is C12H12F3N3O3. The first-order valence-electron chi connectivity index (χ1n) is 5.61. The molecule has 9 heteroatoms. The molecule has 0 heterocycles. The maximum atomic E-state index is 12.1. The molecule has 0 fully saturated rings. The molecule has 1 aromatic carbocycles. The van der Waals surface area contributed by atoms with Gasteiger partial charge in [-0.3, -0.25) is 4.79 Å². The molecule has 114 valence electrons. The number of hydrogen-bond donors (Lipinski definition) is 2. The fourth-order valence-electron chi connectivity index (χ4n) is 1.26. The number of hydrazone groups is 1. The van der Waals surface area contributed by atoms with Crippen LogP contribution < -0.4 is 10.7 Å². The molecule has 6 nitrogen and oxygen atoms in total. The Balaban J connectivity index is 2.85. The van der Waals surface area contributed by atoms with Gasteiger partial charge in [0.1, 0.15) is 0 Å². The quantitative estimate of drug-likeness (QED) is 0.664. The van der Waals surface area contributed by atoms with Crippen molar-refractivity contribution in [3.63, 3.8) is 0 Å². The van der Waals surface area contributed by atoms with Crippen molar-refractivity contribution in [1.29, 1.82) is 0 Å². The minimum absolute atomic E-state index is 0.0394. The van der Waals surface area contributed by atoms with Crippen LogP contribution in [0.4, 0.5) is 23.7 Å². The Bertz CT molecular complexity index is 570. The van der Waals surface area contributed by atoms with Crippen LogP contribution in [-0.2, 0) is 9.53 Å². The molecule has 0 spiro atoms. The number of methoxy groups -OCH3 is 1. The minimum atomic E-state index is -4.97. The van der Waals surface area contributed by atoms with E-state index in [1.165, 1.54) is 25.1 Å². The van der Waals surface area contributed by atoms with Gasteiger partial charge >= 0.3 is 18.2 Å². The van der Waals surface area contributed by atoms with E-state index >= 15 is 0 Å². The predicted octanol–water partition coefficient (Wildman–Crippen LogP) is 2.27. The summed E-state index contributed by atoms with van der Waals surface area (Å²) < 4.78 is 40.7. The molecule has 0 aromatic heterocycles. The zero-order valence-corrected chi connectivity index (χ0v) is 11.1. The van der Waals surface area contributed by atoms with Crippen LogP contribution in [0.25, 0.3) is 0 Å². The number of nitrogens with one attached hydrogen (secondary N) is 2. The molecule has 0 radical (unpaired) electrons. The number of carbonyl (C=O) groups excluding carboxylic acids is 2. The van der Waals surface area contributed by atoms with Gasteiger partial charge in [0.15, 0.2) is 0 Å². The van der Waals surface area contributed by atoms with Gasteiger partial charge in [-0.25, -0.2) is 10.2 Å². The minimum Gasteiger partial charge on any atom is -0.452 e. The standard InChI is InChI=1S/C12H12F3N3O3/c1-7(17-18-11(20)21-2)8-4-3-5-9(6-8)16-10(19)12(13,14)15/h3-6H,1-2H3,(H,16,19)(H,18,20)/b17-7+. The van der Waals surface area contributed by atoms with Gasteiger partial charge in [0.05, 0.1) is 12.8 Å². The summed E-state index contributed by atoms with van der Waals surface area (Å²) in [5.41, 5.74) is 2.78. The maximum Gasteiger partial charge on any atom is 0.471 e. The van der Waals surface area contributed by atoms with E-state index in [2.05, 4.69) is 15.3 Å². The molecule has 0 atom stereocenters. The Morgan fingerprint density at radius 2 is 1.95 bits per heavy atom. The average molecular weight is 303 g/mol. The first-order chi connectivity index (χ1) is 9.74. The Morgan fingerprint density at radius 3 is 2.52 bits per heavy atom. The molecule has 0 saturated carbocycles. The molecule has 2 N–H and O–H groups in total. The third-order valence-electron chi connectivity index (χ3n) is 2.30. The topological polar surface area (TPSA) is 79.8 Å². The van der Waals surface area contributed by atoms with E-state index < -0.39 is 18.2 Å². The van der Waals surface area contributed by atoms with Gasteiger partial charge in [0.25, 0.3) is 0 Å². The summed E-state index contributed by atoms with van der Waals surface area (Å²) in [7, 11) is 1.16. The number of ether oxygens (including phenoxy) is 1. The Morgan fingerprint density at radius 1 is 1.29 bits per heavy atom. The summed E-state index contributed by atoms with van der Waals surface area (Å²) >= 11 is 0. The largest absolute Gasteiger partial charge is 0.471 e. The van der Waals surface area contributed by atoms with E-state index in [9.17, 15) is 22.8 Å². The zero-order chi connectivity index (χ0) is 16.0. The van der Waals surface area contributed by atoms with E-state index in [4.69, 9.17) is 0 Å². The third-order valence-corrected chi connectivity index (χ3v) is 2.30. The van der Waals surface area contributed by atoms with Crippen molar-refractivity contribution < 1.29 is 27.5 Å². The van der Waals surface area contributed by atoms with Crippen LogP contribution >= 0.6 is 0 Å². The van der Waals surface area contributed by atoms with E-state index in [0.717, 1.165) is 7.11 Å². The zero-order valence-electron chi connectivity index (χ0n) is 11.1. The first kappa shape index (κ1) is 16.5. The van der Waals surface area contributed by atoms with Crippen LogP contribution in [0.1, 0.15) is 12.5 Å². The van der Waals surface area contributed by atoms with Crippen molar-refractivity contribution in [3.05, 3.63) is 29.8 Å². The van der Waals surface area contributed by atoms with Crippen LogP contribution in [0, 0.1) is 0 Å². The molecule has 0 unspecified atom stereocenters. The van der Waals surface area contributed by atoms with Crippen molar-refractivity contribution in [3.8, 4) is 0 Å². The number of rotatable bonds is 3. The van der Waals surface area contributed by atoms with E-state index in [1.807, 2.05) is 0 Å². The molecule has 0 bridgehead atoms. The lowest BCUT2D eigenvalue weighted by Gasteiger charge is -2.09. The molecular weight excluding hydrogens is 291 g/mol. The lowest BCUT2D eigenvalue weighted by Crippen LogP contribution is -2.29. The summed E-state index contributed by atoms with van der Waals surface area (Å²) in [6, 6.07) is 5.59. The van der Waals surface area contributed by atoms with Gasteiger partial charge in [0, 0.05) is 5.69 Å². The highest BCUT2D eigenvalue weighted by Crippen LogP contribution is 2.19. The fourth-order valence-corrected chi connectivity index (χ4v) is 1.26. The number of hydrogen-bond acceptors (Lipinski definition) is 4. The highest BCUT2D eigenvalue weighted by Gasteiger charge is 2.38. The van der Waals surface area contributed by atoms with Crippen LogP contribution in [0.15, 0.2) is 29.4 Å². The van der Waals surface area contributed by atoms with E-state index in [1.54, 1.807) is 11.4 Å². The highest BCUT2D eigenvalue weighted by atomic mass is 19.4. The lowest BCUT2D eigenvalue weighted by atomic mass is 10.1. The van der Waals surface area contributed by atoms with Crippen molar-refractivity contribution in [2.24, 2.45) is 5.10 Å². The summed E-state index contributed by atoms with van der Waals surface area (Å²) in [5, 5.41) is 5.41. The summed E-state index contributed by atoms with van der Waals surface area (Å²) in [6.45, 7) is 1.53. The molecule has 0 aliphatic carbocycles. The smallest absolute Gasteiger partial charge is 0.452 e. The van der Waals surface area contributed by atoms with E-state index in [0.29, 0.717) is 11.3 Å².